The summed E-state index contributed by atoms with van der Waals surface area (Å²) >= 11 is 5.70. The highest BCUT2D eigenvalue weighted by molar-refractivity contribution is 8.28. The van der Waals surface area contributed by atoms with Crippen molar-refractivity contribution in [1.29, 1.82) is 0 Å². The Morgan fingerprint density at radius 1 is 1.24 bits per heavy atom. The van der Waals surface area contributed by atoms with Crippen LogP contribution in [-0.2, 0) is 19.3 Å². The molecule has 17 heavy (non-hydrogen) atoms. The number of hydrogen-bond acceptors (Lipinski definition) is 5. The van der Waals surface area contributed by atoms with Crippen LogP contribution in [0.25, 0.3) is 0 Å². The van der Waals surface area contributed by atoms with Crippen molar-refractivity contribution >= 4 is 57.2 Å². The van der Waals surface area contributed by atoms with E-state index in [1.165, 1.54) is 18.2 Å². The van der Waals surface area contributed by atoms with Gasteiger partial charge in [-0.1, -0.05) is 11.6 Å². The molecule has 1 aliphatic heterocycles. The van der Waals surface area contributed by atoms with Gasteiger partial charge in [0.25, 0.3) is 9.05 Å². The fourth-order valence-corrected chi connectivity index (χ4v) is 3.64. The van der Waals surface area contributed by atoms with Gasteiger partial charge in [-0.2, -0.15) is 8.42 Å². The predicted octanol–water partition coefficient (Wildman–Crippen LogP) is 1.35. The maximum Gasteiger partial charge on any atom is 0.280 e. The normalized spacial score (nSPS) is 14.5. The molecule has 0 spiro atoms. The van der Waals surface area contributed by atoms with Crippen molar-refractivity contribution in [3.05, 3.63) is 28.8 Å². The second kappa shape index (κ2) is 4.09. The monoisotopic (exact) mass is 311 g/mol. The minimum atomic E-state index is -4.23. The lowest BCUT2D eigenvalue weighted by atomic mass is 10.1. The molecule has 90 valence electrons. The summed E-state index contributed by atoms with van der Waals surface area (Å²) < 4.78 is 44.5. The van der Waals surface area contributed by atoms with Crippen molar-refractivity contribution in [2.24, 2.45) is 4.99 Å². The minimum absolute atomic E-state index is 0.163. The van der Waals surface area contributed by atoms with Gasteiger partial charge in [-0.05, 0) is 18.2 Å². The first kappa shape index (κ1) is 12.6. The average Bonchev–Trinajstić information content (AvgIpc) is 2.55. The lowest BCUT2D eigenvalue weighted by Gasteiger charge is -1.96. The smallest absolute Gasteiger partial charge is 0.233 e. The number of hydrogen-bond donors (Lipinski definition) is 0. The molecule has 5 nitrogen and oxygen atoms in total. The molecule has 1 aliphatic rings. The zero-order valence-electron chi connectivity index (χ0n) is 7.88. The summed E-state index contributed by atoms with van der Waals surface area (Å²) in [6.45, 7) is 0. The Hall–Kier alpha value is -0.890. The topological polar surface area (TPSA) is 80.6 Å². The molecule has 0 saturated carbocycles. The van der Waals surface area contributed by atoms with Crippen LogP contribution in [0.4, 0.5) is 5.69 Å². The minimum Gasteiger partial charge on any atom is -0.233 e. The molecular formula is C8H3Cl2NO4S2. The van der Waals surface area contributed by atoms with Gasteiger partial charge in [0.2, 0.25) is 10.3 Å². The van der Waals surface area contributed by atoms with Crippen LogP contribution in [0, 0.1) is 0 Å². The Bertz CT molecular complexity index is 770. The Morgan fingerprint density at radius 3 is 2.41 bits per heavy atom. The maximum atomic E-state index is 11.2. The largest absolute Gasteiger partial charge is 0.280 e. The van der Waals surface area contributed by atoms with Crippen molar-refractivity contribution in [2.45, 2.75) is 0 Å². The Balaban J connectivity index is 2.87. The van der Waals surface area contributed by atoms with Crippen molar-refractivity contribution < 1.29 is 16.8 Å². The third-order valence-electron chi connectivity index (χ3n) is 2.02. The van der Waals surface area contributed by atoms with E-state index in [0.717, 1.165) is 0 Å². The van der Waals surface area contributed by atoms with Crippen LogP contribution >= 0.6 is 22.3 Å². The zero-order valence-corrected chi connectivity index (χ0v) is 11.0. The molecule has 2 rings (SSSR count). The highest BCUT2D eigenvalue weighted by Crippen LogP contribution is 2.31. The molecule has 0 atom stereocenters. The molecule has 0 radical (unpaired) electrons. The van der Waals surface area contributed by atoms with Gasteiger partial charge in [0.05, 0.1) is 5.69 Å². The highest BCUT2D eigenvalue weighted by Gasteiger charge is 2.32. The van der Waals surface area contributed by atoms with Gasteiger partial charge in [-0.3, -0.25) is 0 Å². The van der Waals surface area contributed by atoms with E-state index >= 15 is 0 Å². The van der Waals surface area contributed by atoms with Crippen molar-refractivity contribution in [3.63, 3.8) is 0 Å². The summed E-state index contributed by atoms with van der Waals surface area (Å²) in [7, 11) is -1.86. The van der Waals surface area contributed by atoms with Crippen LogP contribution in [0.5, 0.6) is 0 Å². The third-order valence-corrected chi connectivity index (χ3v) is 4.32. The number of halogens is 2. The third kappa shape index (κ3) is 2.23. The molecule has 9 heteroatoms. The predicted molar refractivity (Wildman–Crippen MR) is 66.3 cm³/mol. The van der Waals surface area contributed by atoms with E-state index in [1.807, 2.05) is 0 Å². The summed E-state index contributed by atoms with van der Waals surface area (Å²) in [5.74, 6) is 0. The van der Waals surface area contributed by atoms with Crippen LogP contribution < -0.4 is 0 Å². The summed E-state index contributed by atoms with van der Waals surface area (Å²) in [4.78, 5) is 3.23. The molecule has 0 unspecified atom stereocenters. The standard InChI is InChI=1S/C8H3Cl2NO4S2/c9-4-1-2-5-6(3-4)11-8(17(10,14)15)7(5)16(12)13/h1-3H. The lowest BCUT2D eigenvalue weighted by Crippen LogP contribution is -2.18. The first-order chi connectivity index (χ1) is 7.80. The van der Waals surface area contributed by atoms with Gasteiger partial charge < -0.3 is 0 Å². The van der Waals surface area contributed by atoms with Crippen LogP contribution in [-0.4, -0.2) is 26.7 Å². The van der Waals surface area contributed by atoms with Crippen molar-refractivity contribution in [1.82, 2.24) is 0 Å². The quantitative estimate of drug-likeness (QED) is 0.535. The van der Waals surface area contributed by atoms with Crippen molar-refractivity contribution in [2.75, 3.05) is 0 Å². The molecule has 0 N–H and O–H groups in total. The van der Waals surface area contributed by atoms with Crippen LogP contribution in [0.3, 0.4) is 0 Å². The van der Waals surface area contributed by atoms with E-state index < -0.39 is 29.3 Å². The lowest BCUT2D eigenvalue weighted by molar-refractivity contribution is 0.619. The second-order valence-electron chi connectivity index (χ2n) is 3.08. The fraction of sp³-hybridized carbons (Fsp3) is 0. The molecule has 0 aliphatic carbocycles. The molecule has 0 aromatic heterocycles. The van der Waals surface area contributed by atoms with Crippen LogP contribution in [0.1, 0.15) is 5.56 Å². The highest BCUT2D eigenvalue weighted by atomic mass is 35.7. The van der Waals surface area contributed by atoms with Gasteiger partial charge in [-0.15, -0.1) is 0 Å². The summed E-state index contributed by atoms with van der Waals surface area (Å²) in [6.07, 6.45) is 0. The van der Waals surface area contributed by atoms with E-state index in [9.17, 15) is 16.8 Å². The van der Waals surface area contributed by atoms with E-state index in [1.54, 1.807) is 0 Å². The SMILES string of the molecule is O=S(=O)=C1C(S(=O)(=O)Cl)=Nc2cc(Cl)ccc21. The fourth-order valence-electron chi connectivity index (χ4n) is 1.39. The van der Waals surface area contributed by atoms with E-state index in [0.29, 0.717) is 5.02 Å². The molecule has 1 aromatic rings. The van der Waals surface area contributed by atoms with Crippen molar-refractivity contribution in [3.8, 4) is 0 Å². The second-order valence-corrected chi connectivity index (χ2v) is 6.88. The Kier molecular flexibility index (Phi) is 3.03. The zero-order chi connectivity index (χ0) is 12.8. The van der Waals surface area contributed by atoms with Gasteiger partial charge in [0.15, 0.2) is 5.04 Å². The Morgan fingerprint density at radius 2 is 1.88 bits per heavy atom. The number of aliphatic imine (C=N–C) groups is 1. The summed E-state index contributed by atoms with van der Waals surface area (Å²) in [5.41, 5.74) is 0.331. The summed E-state index contributed by atoms with van der Waals surface area (Å²) in [5, 5.41) is -0.360. The van der Waals surface area contributed by atoms with Crippen LogP contribution in [0.2, 0.25) is 5.02 Å². The number of rotatable bonds is 0. The first-order valence-corrected chi connectivity index (χ1v) is 7.87. The van der Waals surface area contributed by atoms with Gasteiger partial charge in [0, 0.05) is 21.3 Å². The van der Waals surface area contributed by atoms with E-state index in [4.69, 9.17) is 22.3 Å². The van der Waals surface area contributed by atoms with Gasteiger partial charge in [-0.25, -0.2) is 13.4 Å². The number of fused-ring (bicyclic) bond motifs is 1. The molecular weight excluding hydrogens is 309 g/mol. The average molecular weight is 312 g/mol. The molecule has 0 amide bonds. The van der Waals surface area contributed by atoms with E-state index in [2.05, 4.69) is 4.99 Å². The number of benzene rings is 1. The molecule has 1 heterocycles. The molecule has 1 aromatic carbocycles. The molecule has 0 saturated heterocycles. The summed E-state index contributed by atoms with van der Waals surface area (Å²) in [6, 6.07) is 4.17. The first-order valence-electron chi connectivity index (χ1n) is 4.10. The molecule has 0 bridgehead atoms. The van der Waals surface area contributed by atoms with Crippen LogP contribution in [0.15, 0.2) is 23.2 Å². The van der Waals surface area contributed by atoms with Gasteiger partial charge in [0.1, 0.15) is 4.86 Å². The van der Waals surface area contributed by atoms with Gasteiger partial charge >= 0.3 is 0 Å². The maximum absolute atomic E-state index is 11.2. The van der Waals surface area contributed by atoms with E-state index in [-0.39, 0.29) is 11.3 Å². The number of nitrogens with zero attached hydrogens (tertiary/aromatic N) is 1. The Labute approximate surface area is 108 Å². The molecule has 0 fully saturated rings.